The van der Waals surface area contributed by atoms with Crippen LogP contribution in [0.5, 0.6) is 0 Å². The van der Waals surface area contributed by atoms with Crippen molar-refractivity contribution in [2.75, 3.05) is 14.7 Å². The van der Waals surface area contributed by atoms with Crippen molar-refractivity contribution in [1.82, 2.24) is 0 Å². The summed E-state index contributed by atoms with van der Waals surface area (Å²) in [4.78, 5) is 8.02. The third kappa shape index (κ3) is 7.21. The van der Waals surface area contributed by atoms with Crippen molar-refractivity contribution in [2.24, 2.45) is 0 Å². The molecule has 372 valence electrons. The van der Waals surface area contributed by atoms with Gasteiger partial charge < -0.3 is 14.7 Å². The van der Waals surface area contributed by atoms with Crippen molar-refractivity contribution in [3.63, 3.8) is 0 Å². The Kier molecular flexibility index (Phi) is 10.7. The zero-order valence-corrected chi connectivity index (χ0v) is 46.5. The second-order valence-electron chi connectivity index (χ2n) is 26.6. The van der Waals surface area contributed by atoms with Crippen LogP contribution in [0.15, 0.2) is 170 Å². The van der Waals surface area contributed by atoms with E-state index in [1.54, 1.807) is 0 Å². The van der Waals surface area contributed by atoms with Gasteiger partial charge in [0.1, 0.15) is 0 Å². The predicted octanol–water partition coefficient (Wildman–Crippen LogP) is 16.9. The van der Waals surface area contributed by atoms with Gasteiger partial charge in [-0.2, -0.15) is 0 Å². The minimum Gasteiger partial charge on any atom is -0.330 e. The Bertz CT molecular complexity index is 3540. The molecule has 2 atom stereocenters. The Labute approximate surface area is 443 Å². The van der Waals surface area contributed by atoms with Gasteiger partial charge in [0.2, 0.25) is 0 Å². The molecule has 3 heterocycles. The van der Waals surface area contributed by atoms with Crippen molar-refractivity contribution in [3.8, 4) is 11.1 Å². The van der Waals surface area contributed by atoms with Crippen LogP contribution in [-0.4, -0.2) is 6.71 Å². The van der Waals surface area contributed by atoms with Gasteiger partial charge in [0.25, 0.3) is 6.71 Å². The number of fused-ring (bicyclic) bond motifs is 9. The molecule has 3 nitrogen and oxygen atoms in total. The molecule has 4 heteroatoms. The Balaban J connectivity index is 1.19. The van der Waals surface area contributed by atoms with Gasteiger partial charge in [-0.3, -0.25) is 0 Å². The predicted molar refractivity (Wildman–Crippen MR) is 319 cm³/mol. The number of benzene rings is 8. The molecule has 0 aromatic heterocycles. The Morgan fingerprint density at radius 3 is 1.62 bits per heavy atom. The van der Waals surface area contributed by atoms with Gasteiger partial charge in [-0.15, -0.1) is 0 Å². The van der Waals surface area contributed by atoms with Crippen LogP contribution in [-0.2, 0) is 39.0 Å². The topological polar surface area (TPSA) is 9.72 Å². The highest BCUT2D eigenvalue weighted by Gasteiger charge is 2.60. The molecule has 2 unspecified atom stereocenters. The highest BCUT2D eigenvalue weighted by Crippen LogP contribution is 2.64. The average molecular weight is 968 g/mol. The molecule has 8 aromatic carbocycles. The SMILES string of the molecule is CC(C)(C)c1ccc(N2c3cc(N4c5ccccc5C5(C)CCc6ccccc6C45C)ccc3B3c4cc(C(C)(C)C)ccc4N(c4ccc(C(C)(C)C)cc4-c4ccccc4)c4cc(C(C)(C)C)cc2c43)cc1. The van der Waals surface area contributed by atoms with E-state index in [-0.39, 0.29) is 39.3 Å². The van der Waals surface area contributed by atoms with Crippen molar-refractivity contribution < 1.29 is 0 Å². The first-order valence-electron chi connectivity index (χ1n) is 27.3. The fourth-order valence-corrected chi connectivity index (χ4v) is 13.4. The van der Waals surface area contributed by atoms with Gasteiger partial charge in [-0.25, -0.2) is 0 Å². The van der Waals surface area contributed by atoms with Crippen LogP contribution in [0.1, 0.15) is 142 Å². The van der Waals surface area contributed by atoms with Crippen molar-refractivity contribution in [2.45, 2.75) is 142 Å². The van der Waals surface area contributed by atoms with Gasteiger partial charge in [0.15, 0.2) is 0 Å². The molecule has 4 aliphatic rings. The summed E-state index contributed by atoms with van der Waals surface area (Å²) in [5.74, 6) is 0. The quantitative estimate of drug-likeness (QED) is 0.163. The number of aryl methyl sites for hydroxylation is 1. The Morgan fingerprint density at radius 1 is 0.405 bits per heavy atom. The maximum atomic E-state index is 2.73. The van der Waals surface area contributed by atoms with Crippen LogP contribution in [0.3, 0.4) is 0 Å². The molecule has 0 amide bonds. The molecule has 74 heavy (non-hydrogen) atoms. The average Bonchev–Trinajstić information content (AvgIpc) is 3.60. The van der Waals surface area contributed by atoms with Gasteiger partial charge in [0, 0.05) is 50.8 Å². The maximum Gasteiger partial charge on any atom is 0.252 e. The summed E-state index contributed by atoms with van der Waals surface area (Å²) in [5, 5.41) is 0. The zero-order valence-electron chi connectivity index (χ0n) is 46.5. The first-order valence-corrected chi connectivity index (χ1v) is 27.3. The second kappa shape index (κ2) is 16.4. The largest absolute Gasteiger partial charge is 0.330 e. The van der Waals surface area contributed by atoms with E-state index in [0.29, 0.717) is 0 Å². The molecule has 3 aliphatic heterocycles. The zero-order chi connectivity index (χ0) is 52.1. The second-order valence-corrected chi connectivity index (χ2v) is 26.6. The minimum absolute atomic E-state index is 0.0113. The fourth-order valence-electron chi connectivity index (χ4n) is 13.4. The molecule has 1 aliphatic carbocycles. The van der Waals surface area contributed by atoms with Crippen molar-refractivity contribution >= 4 is 68.6 Å². The minimum atomic E-state index is -0.323. The lowest BCUT2D eigenvalue weighted by Gasteiger charge is -2.51. The van der Waals surface area contributed by atoms with E-state index in [9.17, 15) is 0 Å². The molecule has 0 fully saturated rings. The Hall–Kier alpha value is -6.78. The van der Waals surface area contributed by atoms with Crippen LogP contribution in [0.25, 0.3) is 11.1 Å². The molecular weight excluding hydrogens is 894 g/mol. The van der Waals surface area contributed by atoms with E-state index < -0.39 is 0 Å². The molecule has 0 bridgehead atoms. The van der Waals surface area contributed by atoms with Gasteiger partial charge in [-0.05, 0) is 163 Å². The molecule has 0 radical (unpaired) electrons. The van der Waals surface area contributed by atoms with Crippen LogP contribution in [0.4, 0.5) is 45.5 Å². The van der Waals surface area contributed by atoms with Crippen LogP contribution in [0, 0.1) is 0 Å². The number of nitrogens with zero attached hydrogens (tertiary/aromatic N) is 3. The molecule has 12 rings (SSSR count). The molecule has 0 saturated carbocycles. The third-order valence-electron chi connectivity index (χ3n) is 17.9. The summed E-state index contributed by atoms with van der Waals surface area (Å²) in [7, 11) is 0. The van der Waals surface area contributed by atoms with E-state index >= 15 is 0 Å². The van der Waals surface area contributed by atoms with Crippen LogP contribution in [0.2, 0.25) is 0 Å². The maximum absolute atomic E-state index is 2.73. The Morgan fingerprint density at radius 2 is 0.959 bits per heavy atom. The van der Waals surface area contributed by atoms with Crippen LogP contribution >= 0.6 is 0 Å². The number of hydrogen-bond acceptors (Lipinski definition) is 3. The summed E-state index contributed by atoms with van der Waals surface area (Å²) < 4.78 is 0. The van der Waals surface area contributed by atoms with E-state index in [1.165, 1.54) is 112 Å². The number of anilines is 8. The van der Waals surface area contributed by atoms with Gasteiger partial charge in [0.05, 0.1) is 11.2 Å². The molecule has 0 N–H and O–H groups in total. The van der Waals surface area contributed by atoms with Gasteiger partial charge >= 0.3 is 0 Å². The number of para-hydroxylation sites is 1. The highest BCUT2D eigenvalue weighted by atomic mass is 15.3. The number of hydrogen-bond donors (Lipinski definition) is 0. The number of rotatable bonds is 4. The lowest BCUT2D eigenvalue weighted by atomic mass is 9.33. The van der Waals surface area contributed by atoms with Gasteiger partial charge in [-0.1, -0.05) is 199 Å². The van der Waals surface area contributed by atoms with E-state index in [2.05, 4.69) is 281 Å². The van der Waals surface area contributed by atoms with Crippen LogP contribution < -0.4 is 31.1 Å². The van der Waals surface area contributed by atoms with E-state index in [1.807, 2.05) is 0 Å². The van der Waals surface area contributed by atoms with E-state index in [0.717, 1.165) is 12.8 Å². The van der Waals surface area contributed by atoms with E-state index in [4.69, 9.17) is 0 Å². The first-order chi connectivity index (χ1) is 35.0. The monoisotopic (exact) mass is 968 g/mol. The normalized spacial score (nSPS) is 18.8. The fraction of sp³-hybridized carbons (Fsp3) is 0.314. The van der Waals surface area contributed by atoms with Crippen molar-refractivity contribution in [3.05, 3.63) is 209 Å². The molecule has 0 saturated heterocycles. The summed E-state index contributed by atoms with van der Waals surface area (Å²) in [6.45, 7) is 33.2. The third-order valence-corrected chi connectivity index (χ3v) is 17.9. The van der Waals surface area contributed by atoms with Crippen molar-refractivity contribution in [1.29, 1.82) is 0 Å². The summed E-state index contributed by atoms with van der Waals surface area (Å²) in [5.41, 5.74) is 25.3. The molecule has 0 spiro atoms. The highest BCUT2D eigenvalue weighted by molar-refractivity contribution is 7.00. The lowest BCUT2D eigenvalue weighted by molar-refractivity contribution is 0.245. The molecular formula is C70H74BN3. The lowest BCUT2D eigenvalue weighted by Crippen LogP contribution is -2.61. The molecule has 8 aromatic rings. The first kappa shape index (κ1) is 48.2. The summed E-state index contributed by atoms with van der Waals surface area (Å²) in [6.07, 6.45) is 2.16. The standard InChI is InChI=1S/C70H74BN3/c1-65(2,3)47-28-32-51(33-29-47)72-61-44-52(74-59-27-21-20-26-55(59)69(13)39-38-46-24-18-19-25-54(46)70(69,74)14)34-35-56(61)71-57-41-49(67(7,8)9)31-37-60(57)73(63-43-50(68(10,11)12)42-62(72)64(63)71)58-36-30-48(66(4,5)6)40-53(58)45-22-16-15-17-23-45/h15-37,40-44H,38-39H2,1-14H3. The summed E-state index contributed by atoms with van der Waals surface area (Å²) >= 11 is 0. The smallest absolute Gasteiger partial charge is 0.252 e. The summed E-state index contributed by atoms with van der Waals surface area (Å²) in [6, 6.07) is 66.5.